The van der Waals surface area contributed by atoms with E-state index in [2.05, 4.69) is 4.98 Å². The third-order valence-electron chi connectivity index (χ3n) is 2.58. The standard InChI is InChI=1S/C12H11NO/c1-8-6-7-10-9-4-2-3-5-11(9)14-12(10)13-8/h2-7,9,11H,1H3/i1D3. The second-order valence-electron chi connectivity index (χ2n) is 3.47. The Kier molecular flexibility index (Phi) is 1.03. The number of allylic oxidation sites excluding steroid dienone is 2. The molecule has 0 amide bonds. The maximum atomic E-state index is 7.33. The van der Waals surface area contributed by atoms with Crippen molar-refractivity contribution in [2.24, 2.45) is 0 Å². The van der Waals surface area contributed by atoms with Gasteiger partial charge in [-0.05, 0) is 19.0 Å². The first-order valence-electron chi connectivity index (χ1n) is 6.09. The number of ether oxygens (including phenoxy) is 1. The summed E-state index contributed by atoms with van der Waals surface area (Å²) in [5.41, 5.74) is 1.05. The minimum Gasteiger partial charge on any atom is -0.469 e. The van der Waals surface area contributed by atoms with E-state index in [-0.39, 0.29) is 17.7 Å². The normalized spacial score (nSPS) is 31.0. The summed E-state index contributed by atoms with van der Waals surface area (Å²) in [4.78, 5) is 4.10. The van der Waals surface area contributed by atoms with E-state index >= 15 is 0 Å². The van der Waals surface area contributed by atoms with Crippen molar-refractivity contribution < 1.29 is 8.85 Å². The van der Waals surface area contributed by atoms with Gasteiger partial charge in [0.15, 0.2) is 0 Å². The van der Waals surface area contributed by atoms with Gasteiger partial charge < -0.3 is 4.74 Å². The minimum atomic E-state index is -2.18. The molecule has 0 saturated heterocycles. The summed E-state index contributed by atoms with van der Waals surface area (Å²) in [5.74, 6) is 0.609. The van der Waals surface area contributed by atoms with Gasteiger partial charge in [0.25, 0.3) is 0 Å². The Balaban J connectivity index is 2.03. The van der Waals surface area contributed by atoms with E-state index in [1.54, 1.807) is 12.1 Å². The molecular formula is C12H11NO. The Hall–Kier alpha value is -1.57. The number of hydrogen-bond donors (Lipinski definition) is 0. The molecule has 2 heteroatoms. The van der Waals surface area contributed by atoms with Crippen molar-refractivity contribution in [3.05, 3.63) is 47.7 Å². The van der Waals surface area contributed by atoms with Crippen LogP contribution in [0.2, 0.25) is 0 Å². The highest BCUT2D eigenvalue weighted by Gasteiger charge is 2.32. The molecule has 1 aliphatic carbocycles. The zero-order valence-corrected chi connectivity index (χ0v) is 7.47. The highest BCUT2D eigenvalue weighted by Crippen LogP contribution is 2.39. The molecule has 2 unspecified atom stereocenters. The second-order valence-corrected chi connectivity index (χ2v) is 3.47. The van der Waals surface area contributed by atoms with E-state index in [0.717, 1.165) is 5.56 Å². The van der Waals surface area contributed by atoms with Gasteiger partial charge in [0.1, 0.15) is 6.10 Å². The molecule has 1 aliphatic heterocycles. The Labute approximate surface area is 87.1 Å². The van der Waals surface area contributed by atoms with Crippen LogP contribution in [0.5, 0.6) is 5.88 Å². The molecule has 2 atom stereocenters. The zero-order chi connectivity index (χ0) is 12.0. The van der Waals surface area contributed by atoms with E-state index in [4.69, 9.17) is 8.85 Å². The average molecular weight is 188 g/mol. The van der Waals surface area contributed by atoms with Gasteiger partial charge in [0.05, 0.1) is 0 Å². The van der Waals surface area contributed by atoms with Crippen molar-refractivity contribution >= 4 is 0 Å². The third kappa shape index (κ3) is 1.00. The van der Waals surface area contributed by atoms with Crippen molar-refractivity contribution in [3.63, 3.8) is 0 Å². The topological polar surface area (TPSA) is 22.1 Å². The number of aromatic nitrogens is 1. The molecule has 0 N–H and O–H groups in total. The molecule has 0 saturated carbocycles. The lowest BCUT2D eigenvalue weighted by Gasteiger charge is -2.13. The molecule has 2 aliphatic rings. The molecule has 0 aromatic carbocycles. The van der Waals surface area contributed by atoms with Crippen molar-refractivity contribution in [3.8, 4) is 5.88 Å². The Morgan fingerprint density at radius 3 is 3.21 bits per heavy atom. The van der Waals surface area contributed by atoms with Crippen LogP contribution in [0.25, 0.3) is 0 Å². The highest BCUT2D eigenvalue weighted by molar-refractivity contribution is 5.43. The second kappa shape index (κ2) is 2.71. The highest BCUT2D eigenvalue weighted by atomic mass is 16.5. The summed E-state index contributed by atoms with van der Waals surface area (Å²) >= 11 is 0. The molecule has 3 rings (SSSR count). The predicted molar refractivity (Wildman–Crippen MR) is 54.4 cm³/mol. The van der Waals surface area contributed by atoms with Crippen molar-refractivity contribution in [2.45, 2.75) is 18.9 Å². The summed E-state index contributed by atoms with van der Waals surface area (Å²) in [6.07, 6.45) is 7.86. The molecular weight excluding hydrogens is 174 g/mol. The van der Waals surface area contributed by atoms with Crippen LogP contribution in [0.1, 0.15) is 21.3 Å². The fourth-order valence-corrected chi connectivity index (χ4v) is 1.91. The molecule has 14 heavy (non-hydrogen) atoms. The molecule has 2 nitrogen and oxygen atoms in total. The fraction of sp³-hybridized carbons (Fsp3) is 0.250. The van der Waals surface area contributed by atoms with Crippen molar-refractivity contribution in [1.82, 2.24) is 4.98 Å². The first kappa shape index (κ1) is 5.35. The van der Waals surface area contributed by atoms with E-state index < -0.39 is 6.85 Å². The van der Waals surface area contributed by atoms with Crippen molar-refractivity contribution in [1.29, 1.82) is 0 Å². The molecule has 2 heterocycles. The average Bonchev–Trinajstić information content (AvgIpc) is 2.65. The SMILES string of the molecule is [2H]C([2H])([2H])c1ccc2c(n1)OC1C=CC=CC21. The number of hydrogen-bond acceptors (Lipinski definition) is 2. The fourth-order valence-electron chi connectivity index (χ4n) is 1.91. The Bertz CT molecular complexity index is 519. The molecule has 0 fully saturated rings. The summed E-state index contributed by atoms with van der Waals surface area (Å²) in [7, 11) is 0. The van der Waals surface area contributed by atoms with Crippen molar-refractivity contribution in [2.75, 3.05) is 0 Å². The number of nitrogens with zero attached hydrogens (tertiary/aromatic N) is 1. The van der Waals surface area contributed by atoms with Gasteiger partial charge in [0.2, 0.25) is 5.88 Å². The van der Waals surface area contributed by atoms with Crippen LogP contribution in [0.4, 0.5) is 0 Å². The quantitative estimate of drug-likeness (QED) is 0.623. The molecule has 0 bridgehead atoms. The number of pyridine rings is 1. The first-order valence-corrected chi connectivity index (χ1v) is 4.59. The lowest BCUT2D eigenvalue weighted by molar-refractivity contribution is 0.260. The monoisotopic (exact) mass is 188 g/mol. The summed E-state index contributed by atoms with van der Waals surface area (Å²) < 4.78 is 27.6. The molecule has 70 valence electrons. The van der Waals surface area contributed by atoms with Gasteiger partial charge in [-0.25, -0.2) is 4.98 Å². The van der Waals surface area contributed by atoms with Crippen LogP contribution in [0.3, 0.4) is 0 Å². The van der Waals surface area contributed by atoms with E-state index in [1.165, 1.54) is 0 Å². The summed E-state index contributed by atoms with van der Waals surface area (Å²) in [5, 5.41) is 0. The lowest BCUT2D eigenvalue weighted by Crippen LogP contribution is -2.15. The maximum absolute atomic E-state index is 7.33. The van der Waals surface area contributed by atoms with Crippen LogP contribution in [-0.2, 0) is 0 Å². The van der Waals surface area contributed by atoms with Crippen LogP contribution < -0.4 is 4.74 Å². The Morgan fingerprint density at radius 2 is 2.29 bits per heavy atom. The minimum absolute atomic E-state index is 0.0469. The van der Waals surface area contributed by atoms with Gasteiger partial charge in [-0.1, -0.05) is 24.3 Å². The smallest absolute Gasteiger partial charge is 0.218 e. The van der Waals surface area contributed by atoms with E-state index in [0.29, 0.717) is 5.88 Å². The van der Waals surface area contributed by atoms with Gasteiger partial charge in [-0.15, -0.1) is 0 Å². The van der Waals surface area contributed by atoms with Crippen LogP contribution in [0.15, 0.2) is 36.4 Å². The largest absolute Gasteiger partial charge is 0.469 e. The van der Waals surface area contributed by atoms with Gasteiger partial charge >= 0.3 is 0 Å². The number of aryl methyl sites for hydroxylation is 1. The molecule has 1 aromatic heterocycles. The maximum Gasteiger partial charge on any atom is 0.218 e. The number of fused-ring (bicyclic) bond motifs is 3. The molecule has 0 spiro atoms. The molecule has 1 aromatic rings. The van der Waals surface area contributed by atoms with Crippen LogP contribution in [0, 0.1) is 6.85 Å². The third-order valence-corrected chi connectivity index (χ3v) is 2.58. The zero-order valence-electron chi connectivity index (χ0n) is 10.5. The lowest BCUT2D eigenvalue weighted by atomic mass is 9.93. The van der Waals surface area contributed by atoms with Gasteiger partial charge in [-0.3, -0.25) is 0 Å². The first-order chi connectivity index (χ1) is 8.05. The van der Waals surface area contributed by atoms with Gasteiger partial charge in [0, 0.05) is 21.3 Å². The van der Waals surface area contributed by atoms with Gasteiger partial charge in [-0.2, -0.15) is 0 Å². The van der Waals surface area contributed by atoms with E-state index in [9.17, 15) is 0 Å². The predicted octanol–water partition coefficient (Wildman–Crippen LogP) is 2.36. The van der Waals surface area contributed by atoms with Crippen LogP contribution in [-0.4, -0.2) is 11.1 Å². The molecule has 0 radical (unpaired) electrons. The van der Waals surface area contributed by atoms with Crippen LogP contribution >= 0.6 is 0 Å². The Morgan fingerprint density at radius 1 is 1.36 bits per heavy atom. The van der Waals surface area contributed by atoms with E-state index in [1.807, 2.05) is 24.3 Å². The summed E-state index contributed by atoms with van der Waals surface area (Å²) in [6, 6.07) is 3.36. The summed E-state index contributed by atoms with van der Waals surface area (Å²) in [6.45, 7) is -2.18. The number of rotatable bonds is 0.